The molecule has 0 atom stereocenters. The fourth-order valence-corrected chi connectivity index (χ4v) is 9.52. The summed E-state index contributed by atoms with van der Waals surface area (Å²) in [5, 5.41) is 2.51. The van der Waals surface area contributed by atoms with Crippen molar-refractivity contribution in [3.05, 3.63) is 230 Å². The van der Waals surface area contributed by atoms with Gasteiger partial charge in [0.05, 0.1) is 11.0 Å². The van der Waals surface area contributed by atoms with Gasteiger partial charge in [0.1, 0.15) is 0 Å². The first-order valence-electron chi connectivity index (χ1n) is 20.5. The summed E-state index contributed by atoms with van der Waals surface area (Å²) in [7, 11) is 0. The summed E-state index contributed by atoms with van der Waals surface area (Å²) in [6, 6.07) is 79.9. The molecule has 0 fully saturated rings. The lowest BCUT2D eigenvalue weighted by atomic mass is 9.82. The molecule has 2 nitrogen and oxygen atoms in total. The zero-order valence-corrected chi connectivity index (χ0v) is 33.2. The molecule has 0 radical (unpaired) electrons. The molecule has 59 heavy (non-hydrogen) atoms. The molecule has 1 aromatic heterocycles. The Labute approximate surface area is 345 Å². The van der Waals surface area contributed by atoms with Crippen LogP contribution in [-0.4, -0.2) is 4.57 Å². The van der Waals surface area contributed by atoms with Crippen LogP contribution in [0, 0.1) is 0 Å². The van der Waals surface area contributed by atoms with Crippen LogP contribution in [0.25, 0.3) is 72.0 Å². The molecule has 0 saturated heterocycles. The van der Waals surface area contributed by atoms with Gasteiger partial charge in [-0.25, -0.2) is 0 Å². The molecule has 1 aliphatic rings. The van der Waals surface area contributed by atoms with Gasteiger partial charge in [-0.2, -0.15) is 0 Å². The Morgan fingerprint density at radius 3 is 1.63 bits per heavy atom. The van der Waals surface area contributed by atoms with Gasteiger partial charge in [0, 0.05) is 38.9 Å². The molecule has 280 valence electrons. The topological polar surface area (TPSA) is 8.17 Å². The van der Waals surface area contributed by atoms with E-state index in [1.54, 1.807) is 0 Å². The Morgan fingerprint density at radius 1 is 0.356 bits per heavy atom. The van der Waals surface area contributed by atoms with Crippen LogP contribution >= 0.6 is 0 Å². The number of para-hydroxylation sites is 2. The minimum Gasteiger partial charge on any atom is -0.310 e. The van der Waals surface area contributed by atoms with Crippen molar-refractivity contribution in [2.75, 3.05) is 4.90 Å². The SMILES string of the molecule is CC1(C)c2ccccc2-c2ccc(N(c3ccc(-c4cccc5c4c4ccccc4n5-c4ccccc4)cc3)c3cc(-c4ccccc4)cc(-c4ccccc4)c3)cc21. The molecule has 0 N–H and O–H groups in total. The molecule has 11 rings (SSSR count). The maximum Gasteiger partial charge on any atom is 0.0547 e. The number of benzene rings is 9. The molecule has 9 aromatic carbocycles. The molecule has 10 aromatic rings. The van der Waals surface area contributed by atoms with Gasteiger partial charge < -0.3 is 9.47 Å². The largest absolute Gasteiger partial charge is 0.310 e. The Kier molecular flexibility index (Phi) is 8.20. The molecule has 0 aliphatic heterocycles. The minimum absolute atomic E-state index is 0.129. The van der Waals surface area contributed by atoms with E-state index in [0.717, 1.165) is 22.7 Å². The second kappa shape index (κ2) is 13.9. The van der Waals surface area contributed by atoms with Crippen molar-refractivity contribution in [1.82, 2.24) is 4.57 Å². The van der Waals surface area contributed by atoms with Crippen molar-refractivity contribution in [2.24, 2.45) is 0 Å². The van der Waals surface area contributed by atoms with Gasteiger partial charge >= 0.3 is 0 Å². The van der Waals surface area contributed by atoms with Gasteiger partial charge in [0.2, 0.25) is 0 Å². The summed E-state index contributed by atoms with van der Waals surface area (Å²) in [5.41, 5.74) is 19.3. The lowest BCUT2D eigenvalue weighted by molar-refractivity contribution is 0.660. The highest BCUT2D eigenvalue weighted by Gasteiger charge is 2.35. The first kappa shape index (κ1) is 34.8. The van der Waals surface area contributed by atoms with Crippen LogP contribution in [0.4, 0.5) is 17.1 Å². The number of nitrogens with zero attached hydrogens (tertiary/aromatic N) is 2. The number of hydrogen-bond acceptors (Lipinski definition) is 1. The van der Waals surface area contributed by atoms with E-state index in [4.69, 9.17) is 0 Å². The van der Waals surface area contributed by atoms with Crippen molar-refractivity contribution in [1.29, 1.82) is 0 Å². The van der Waals surface area contributed by atoms with Crippen LogP contribution in [0.2, 0.25) is 0 Å². The Hall–Kier alpha value is -7.42. The smallest absolute Gasteiger partial charge is 0.0547 e. The van der Waals surface area contributed by atoms with Gasteiger partial charge in [0.25, 0.3) is 0 Å². The lowest BCUT2D eigenvalue weighted by Gasteiger charge is -2.29. The summed E-state index contributed by atoms with van der Waals surface area (Å²) < 4.78 is 2.39. The maximum absolute atomic E-state index is 2.45. The molecular formula is C57H42N2. The zero-order chi connectivity index (χ0) is 39.5. The highest BCUT2D eigenvalue weighted by molar-refractivity contribution is 6.15. The number of anilines is 3. The van der Waals surface area contributed by atoms with Crippen LogP contribution < -0.4 is 4.90 Å². The van der Waals surface area contributed by atoms with E-state index < -0.39 is 0 Å². The predicted molar refractivity (Wildman–Crippen MR) is 249 cm³/mol. The van der Waals surface area contributed by atoms with Crippen molar-refractivity contribution in [2.45, 2.75) is 19.3 Å². The summed E-state index contributed by atoms with van der Waals surface area (Å²) in [6.45, 7) is 4.72. The van der Waals surface area contributed by atoms with Crippen molar-refractivity contribution in [3.8, 4) is 50.2 Å². The molecular weight excluding hydrogens is 713 g/mol. The van der Waals surface area contributed by atoms with E-state index in [9.17, 15) is 0 Å². The number of rotatable bonds is 7. The first-order valence-corrected chi connectivity index (χ1v) is 20.5. The Balaban J connectivity index is 1.10. The predicted octanol–water partition coefficient (Wildman–Crippen LogP) is 15.6. The van der Waals surface area contributed by atoms with Gasteiger partial charge in [-0.15, -0.1) is 0 Å². The van der Waals surface area contributed by atoms with E-state index in [1.807, 2.05) is 0 Å². The number of fused-ring (bicyclic) bond motifs is 6. The van der Waals surface area contributed by atoms with E-state index in [1.165, 1.54) is 77.4 Å². The summed E-state index contributed by atoms with van der Waals surface area (Å²) in [6.07, 6.45) is 0. The highest BCUT2D eigenvalue weighted by Crippen LogP contribution is 2.51. The van der Waals surface area contributed by atoms with Gasteiger partial charge in [-0.1, -0.05) is 166 Å². The maximum atomic E-state index is 2.45. The molecule has 1 heterocycles. The molecule has 0 amide bonds. The molecule has 2 heteroatoms. The fraction of sp³-hybridized carbons (Fsp3) is 0.0526. The van der Waals surface area contributed by atoms with E-state index >= 15 is 0 Å². The Morgan fingerprint density at radius 2 is 0.915 bits per heavy atom. The normalized spacial score (nSPS) is 12.7. The average molecular weight is 755 g/mol. The first-order chi connectivity index (χ1) is 29.0. The summed E-state index contributed by atoms with van der Waals surface area (Å²) in [5.74, 6) is 0. The van der Waals surface area contributed by atoms with Gasteiger partial charge in [-0.3, -0.25) is 0 Å². The second-order valence-electron chi connectivity index (χ2n) is 16.2. The van der Waals surface area contributed by atoms with Crippen molar-refractivity contribution >= 4 is 38.9 Å². The quantitative estimate of drug-likeness (QED) is 0.157. The minimum atomic E-state index is -0.129. The fourth-order valence-electron chi connectivity index (χ4n) is 9.52. The Bertz CT molecular complexity index is 3100. The molecule has 0 spiro atoms. The van der Waals surface area contributed by atoms with E-state index in [2.05, 4.69) is 242 Å². The molecule has 0 saturated carbocycles. The third-order valence-electron chi connectivity index (χ3n) is 12.4. The molecule has 1 aliphatic carbocycles. The molecule has 0 unspecified atom stereocenters. The van der Waals surface area contributed by atoms with Crippen LogP contribution in [0.3, 0.4) is 0 Å². The van der Waals surface area contributed by atoms with Crippen LogP contribution in [0.15, 0.2) is 218 Å². The lowest BCUT2D eigenvalue weighted by Crippen LogP contribution is -2.16. The monoisotopic (exact) mass is 754 g/mol. The highest BCUT2D eigenvalue weighted by atomic mass is 15.1. The number of aromatic nitrogens is 1. The summed E-state index contributed by atoms with van der Waals surface area (Å²) in [4.78, 5) is 2.45. The molecule has 0 bridgehead atoms. The third kappa shape index (κ3) is 5.79. The number of hydrogen-bond donors (Lipinski definition) is 0. The summed E-state index contributed by atoms with van der Waals surface area (Å²) >= 11 is 0. The van der Waals surface area contributed by atoms with Gasteiger partial charge in [-0.05, 0) is 122 Å². The second-order valence-corrected chi connectivity index (χ2v) is 16.2. The zero-order valence-electron chi connectivity index (χ0n) is 33.2. The third-order valence-corrected chi connectivity index (χ3v) is 12.4. The average Bonchev–Trinajstić information content (AvgIpc) is 3.76. The van der Waals surface area contributed by atoms with Gasteiger partial charge in [0.15, 0.2) is 0 Å². The van der Waals surface area contributed by atoms with Crippen LogP contribution in [0.1, 0.15) is 25.0 Å². The van der Waals surface area contributed by atoms with Crippen LogP contribution in [0.5, 0.6) is 0 Å². The van der Waals surface area contributed by atoms with Crippen LogP contribution in [-0.2, 0) is 5.41 Å². The van der Waals surface area contributed by atoms with E-state index in [0.29, 0.717) is 0 Å². The van der Waals surface area contributed by atoms with E-state index in [-0.39, 0.29) is 5.41 Å². The standard InChI is InChI=1S/C57H42N2/c1-57(2)52-26-14-12-23-49(52)50-34-33-46(38-53(50)57)58(47-36-42(39-17-6-3-7-18-39)35-43(37-47)40-19-8-4-9-20-40)45-31-29-41(30-32-45)48-25-16-28-55-56(48)51-24-13-15-27-54(51)59(55)44-21-10-5-11-22-44/h3-38H,1-2H3. The van der Waals surface area contributed by atoms with Crippen molar-refractivity contribution in [3.63, 3.8) is 0 Å². The van der Waals surface area contributed by atoms with Crippen molar-refractivity contribution < 1.29 is 0 Å².